The van der Waals surface area contributed by atoms with Gasteiger partial charge in [0.15, 0.2) is 0 Å². The summed E-state index contributed by atoms with van der Waals surface area (Å²) >= 11 is 0. The van der Waals surface area contributed by atoms with Gasteiger partial charge in [0.2, 0.25) is 0 Å². The van der Waals surface area contributed by atoms with Gasteiger partial charge in [0.1, 0.15) is 45.7 Å². The zero-order valence-corrected chi connectivity index (χ0v) is 33.3. The van der Waals surface area contributed by atoms with E-state index in [1.165, 1.54) is 72.8 Å². The largest absolute Gasteiger partial charge is 0.508 e. The summed E-state index contributed by atoms with van der Waals surface area (Å²) in [5.74, 6) is -3.88. The van der Waals surface area contributed by atoms with E-state index in [2.05, 4.69) is 35.8 Å². The van der Waals surface area contributed by atoms with Crippen LogP contribution in [0.3, 0.4) is 0 Å². The maximum Gasteiger partial charge on any atom is 0.337 e. The SMILES string of the molecule is N=Nc1ccc(Cc2ccc(N=Nc3cc(N=Nc4ccc(S(=O)(=O)O)cc4)c(O)cc3O)c(C(=O)O)c2)cc1C(=O)O.O=S(=O)(O)c1ccc(N=Nc2ccc(O)cc2O)cc1. The lowest BCUT2D eigenvalue weighted by Crippen LogP contribution is -2.01. The van der Waals surface area contributed by atoms with Crippen molar-refractivity contribution < 1.29 is 66.2 Å². The van der Waals surface area contributed by atoms with E-state index in [-0.39, 0.29) is 73.0 Å². The monoisotopic (exact) mass is 898 g/mol. The average molecular weight is 899 g/mol. The van der Waals surface area contributed by atoms with Crippen molar-refractivity contribution >= 4 is 72.0 Å². The van der Waals surface area contributed by atoms with Crippen molar-refractivity contribution in [2.45, 2.75) is 16.2 Å². The molecule has 6 aromatic carbocycles. The van der Waals surface area contributed by atoms with Crippen LogP contribution in [0.4, 0.5) is 39.8 Å². The average Bonchev–Trinajstić information content (AvgIpc) is 3.22. The van der Waals surface area contributed by atoms with E-state index in [0.29, 0.717) is 16.8 Å². The number of rotatable bonds is 13. The van der Waals surface area contributed by atoms with Gasteiger partial charge >= 0.3 is 11.9 Å². The fraction of sp³-hybridized carbons (Fsp3) is 0.0256. The standard InChI is InChI=1S/C27H20N6O9S.C12H10N2O5S/c28-29-20-7-1-14(10-18(20)26(36)37)9-15-2-8-21(19(11-15)27(38)39)31-33-23-12-22(24(34)13-25(23)35)32-30-16-3-5-17(6-4-16)43(40,41)42;15-9-3-6-11(12(16)7-9)14-13-8-1-4-10(5-2-8)20(17,18)19/h1-8,10-13,28,34-35H,9H2,(H,36,37)(H,38,39)(H,40,41,42);1-7,15-16H,(H,17,18,19). The highest BCUT2D eigenvalue weighted by atomic mass is 32.2. The molecule has 0 atom stereocenters. The molecule has 6 aromatic rings. The molecule has 24 heteroatoms. The highest BCUT2D eigenvalue weighted by Crippen LogP contribution is 2.40. The first-order valence-corrected chi connectivity index (χ1v) is 20.2. The molecule has 63 heavy (non-hydrogen) atoms. The van der Waals surface area contributed by atoms with E-state index in [1.54, 1.807) is 12.1 Å². The van der Waals surface area contributed by atoms with Crippen LogP contribution in [0, 0.1) is 5.53 Å². The third-order valence-electron chi connectivity index (χ3n) is 8.22. The summed E-state index contributed by atoms with van der Waals surface area (Å²) in [6.45, 7) is 0. The number of aromatic hydroxyl groups is 4. The first kappa shape index (κ1) is 45.8. The van der Waals surface area contributed by atoms with Crippen molar-refractivity contribution in [3.63, 3.8) is 0 Å². The molecule has 22 nitrogen and oxygen atoms in total. The summed E-state index contributed by atoms with van der Waals surface area (Å²) in [7, 11) is -8.63. The molecule has 0 aliphatic carbocycles. The Labute approximate surface area is 355 Å². The van der Waals surface area contributed by atoms with Gasteiger partial charge in [0.25, 0.3) is 20.2 Å². The van der Waals surface area contributed by atoms with E-state index in [9.17, 15) is 52.0 Å². The number of nitrogens with one attached hydrogen (secondary N) is 1. The zero-order chi connectivity index (χ0) is 46.1. The number of benzene rings is 6. The first-order chi connectivity index (χ1) is 29.7. The van der Waals surface area contributed by atoms with Crippen LogP contribution in [0.1, 0.15) is 31.8 Å². The van der Waals surface area contributed by atoms with Crippen molar-refractivity contribution in [1.82, 2.24) is 0 Å². The second kappa shape index (κ2) is 19.4. The Morgan fingerprint density at radius 1 is 0.460 bits per heavy atom. The van der Waals surface area contributed by atoms with Crippen molar-refractivity contribution in [2.24, 2.45) is 35.8 Å². The second-order valence-electron chi connectivity index (χ2n) is 12.6. The van der Waals surface area contributed by atoms with E-state index < -0.39 is 43.7 Å². The highest BCUT2D eigenvalue weighted by molar-refractivity contribution is 7.86. The molecule has 0 radical (unpaired) electrons. The molecule has 9 N–H and O–H groups in total. The Kier molecular flexibility index (Phi) is 14.1. The highest BCUT2D eigenvalue weighted by Gasteiger charge is 2.16. The van der Waals surface area contributed by atoms with E-state index in [4.69, 9.17) is 19.7 Å². The Bertz CT molecular complexity index is 3050. The van der Waals surface area contributed by atoms with E-state index in [1.807, 2.05) is 0 Å². The van der Waals surface area contributed by atoms with Gasteiger partial charge in [0.05, 0.1) is 38.0 Å². The van der Waals surface area contributed by atoms with Crippen LogP contribution in [-0.2, 0) is 26.7 Å². The summed E-state index contributed by atoms with van der Waals surface area (Å²) in [6.07, 6.45) is 0.169. The van der Waals surface area contributed by atoms with Gasteiger partial charge in [-0.3, -0.25) is 9.11 Å². The molecule has 0 heterocycles. The Morgan fingerprint density at radius 2 is 0.857 bits per heavy atom. The van der Waals surface area contributed by atoms with Gasteiger partial charge in [0, 0.05) is 18.2 Å². The van der Waals surface area contributed by atoms with Crippen molar-refractivity contribution in [3.05, 3.63) is 138 Å². The van der Waals surface area contributed by atoms with Gasteiger partial charge < -0.3 is 30.6 Å². The number of aromatic carboxylic acids is 2. The molecule has 0 aliphatic rings. The number of azo groups is 3. The van der Waals surface area contributed by atoms with E-state index >= 15 is 0 Å². The smallest absolute Gasteiger partial charge is 0.337 e. The van der Waals surface area contributed by atoms with Gasteiger partial charge in [-0.25, -0.2) is 15.1 Å². The van der Waals surface area contributed by atoms with Crippen molar-refractivity contribution in [3.8, 4) is 23.0 Å². The third kappa shape index (κ3) is 12.4. The zero-order valence-electron chi connectivity index (χ0n) is 31.7. The van der Waals surface area contributed by atoms with Crippen LogP contribution in [0.15, 0.2) is 161 Å². The minimum Gasteiger partial charge on any atom is -0.508 e. The van der Waals surface area contributed by atoms with Crippen molar-refractivity contribution in [2.75, 3.05) is 0 Å². The fourth-order valence-electron chi connectivity index (χ4n) is 5.16. The maximum absolute atomic E-state index is 12.0. The molecule has 6 rings (SSSR count). The number of hydrogen-bond acceptors (Lipinski definition) is 18. The summed E-state index contributed by atoms with van der Waals surface area (Å²) < 4.78 is 61.9. The summed E-state index contributed by atoms with van der Waals surface area (Å²) in [5.41, 5.74) is 8.01. The molecular formula is C39H30N8O14S2. The molecule has 0 spiro atoms. The molecule has 0 amide bonds. The minimum absolute atomic E-state index is 0.0188. The number of carbonyl (C=O) groups is 2. The van der Waals surface area contributed by atoms with Crippen molar-refractivity contribution in [1.29, 1.82) is 5.53 Å². The maximum atomic E-state index is 12.0. The normalized spacial score (nSPS) is 11.7. The molecular weight excluding hydrogens is 869 g/mol. The Morgan fingerprint density at radius 3 is 1.30 bits per heavy atom. The summed E-state index contributed by atoms with van der Waals surface area (Å²) in [5, 5.41) is 84.4. The molecule has 0 bridgehead atoms. The minimum atomic E-state index is -4.39. The summed E-state index contributed by atoms with van der Waals surface area (Å²) in [4.78, 5) is 22.8. The molecule has 0 saturated carbocycles. The molecule has 0 unspecified atom stereocenters. The van der Waals surface area contributed by atoms with Gasteiger partial charge in [-0.1, -0.05) is 12.1 Å². The quantitative estimate of drug-likeness (QED) is 0.0385. The number of hydrogen-bond donors (Lipinski definition) is 9. The van der Waals surface area contributed by atoms with Crippen LogP contribution in [-0.4, -0.2) is 68.5 Å². The number of carboxylic acids is 2. The Hall–Kier alpha value is -8.32. The van der Waals surface area contributed by atoms with Crippen LogP contribution in [0.25, 0.3) is 0 Å². The van der Waals surface area contributed by atoms with Crippen LogP contribution in [0.2, 0.25) is 0 Å². The topological polar surface area (TPSA) is 375 Å². The second-order valence-corrected chi connectivity index (χ2v) is 15.5. The lowest BCUT2D eigenvalue weighted by Gasteiger charge is -2.08. The number of phenolic OH excluding ortho intramolecular Hbond substituents is 4. The molecule has 0 fully saturated rings. The van der Waals surface area contributed by atoms with Gasteiger partial charge in [-0.05, 0) is 102 Å². The lowest BCUT2D eigenvalue weighted by atomic mass is 9.99. The molecule has 0 aromatic heterocycles. The number of carboxylic acid groups (broad SMARTS) is 2. The first-order valence-electron chi connectivity index (χ1n) is 17.3. The van der Waals surface area contributed by atoms with Crippen LogP contribution in [0.5, 0.6) is 23.0 Å². The van der Waals surface area contributed by atoms with Crippen LogP contribution < -0.4 is 0 Å². The van der Waals surface area contributed by atoms with Gasteiger partial charge in [-0.15, -0.1) is 20.5 Å². The predicted octanol–water partition coefficient (Wildman–Crippen LogP) is 9.58. The molecule has 0 aliphatic heterocycles. The number of nitrogens with zero attached hydrogens (tertiary/aromatic N) is 7. The van der Waals surface area contributed by atoms with E-state index in [0.717, 1.165) is 30.3 Å². The Balaban J connectivity index is 0.000000311. The van der Waals surface area contributed by atoms with Gasteiger partial charge in [-0.2, -0.15) is 32.2 Å². The lowest BCUT2D eigenvalue weighted by molar-refractivity contribution is 0.0687. The molecule has 0 saturated heterocycles. The molecule has 322 valence electrons. The fourth-order valence-corrected chi connectivity index (χ4v) is 6.12. The number of phenols is 4. The van der Waals surface area contributed by atoms with Crippen LogP contribution >= 0.6 is 0 Å². The third-order valence-corrected chi connectivity index (χ3v) is 9.96. The summed E-state index contributed by atoms with van der Waals surface area (Å²) in [6, 6.07) is 24.3. The predicted molar refractivity (Wildman–Crippen MR) is 219 cm³/mol.